The first kappa shape index (κ1) is 19.5. The Morgan fingerprint density at radius 3 is 2.89 bits per heavy atom. The minimum absolute atomic E-state index is 0.100. The fourth-order valence-electron chi connectivity index (χ4n) is 3.13. The number of carbonyl (C=O) groups excluding carboxylic acids is 1. The molecule has 140 valence electrons. The van der Waals surface area contributed by atoms with Crippen LogP contribution in [0.15, 0.2) is 46.0 Å². The average Bonchev–Trinajstić information content (AvgIpc) is 2.88. The molecule has 1 atom stereocenters. The van der Waals surface area contributed by atoms with Crippen molar-refractivity contribution in [3.8, 4) is 0 Å². The lowest BCUT2D eigenvalue weighted by Crippen LogP contribution is -2.16. The molecule has 0 aliphatic carbocycles. The number of hydrogen-bond acceptors (Lipinski definition) is 4. The van der Waals surface area contributed by atoms with E-state index in [1.54, 1.807) is 30.5 Å². The van der Waals surface area contributed by atoms with Gasteiger partial charge in [-0.05, 0) is 52.9 Å². The van der Waals surface area contributed by atoms with Crippen molar-refractivity contribution in [2.75, 3.05) is 0 Å². The van der Waals surface area contributed by atoms with Crippen molar-refractivity contribution in [1.29, 1.82) is 0 Å². The molecule has 3 rings (SSSR count). The van der Waals surface area contributed by atoms with Crippen molar-refractivity contribution in [2.45, 2.75) is 39.2 Å². The Morgan fingerprint density at radius 2 is 2.15 bits per heavy atom. The molecule has 0 fully saturated rings. The number of nitrogens with zero attached hydrogens (tertiary/aromatic N) is 3. The van der Waals surface area contributed by atoms with Crippen molar-refractivity contribution in [2.24, 2.45) is 10.9 Å². The van der Waals surface area contributed by atoms with Crippen LogP contribution in [0.4, 0.5) is 4.39 Å². The summed E-state index contributed by atoms with van der Waals surface area (Å²) in [4.78, 5) is 24.4. The fourth-order valence-corrected chi connectivity index (χ4v) is 3.49. The number of hydrogen-bond donors (Lipinski definition) is 0. The average molecular weight is 430 g/mol. The van der Waals surface area contributed by atoms with Crippen LogP contribution in [-0.2, 0) is 11.2 Å². The highest BCUT2D eigenvalue weighted by Crippen LogP contribution is 2.30. The highest BCUT2D eigenvalue weighted by Gasteiger charge is 2.24. The van der Waals surface area contributed by atoms with Gasteiger partial charge in [-0.3, -0.25) is 4.99 Å². The first-order valence-electron chi connectivity index (χ1n) is 9.00. The topological polar surface area (TPSA) is 55.2 Å². The van der Waals surface area contributed by atoms with E-state index in [1.807, 2.05) is 0 Å². The van der Waals surface area contributed by atoms with Gasteiger partial charge in [0.25, 0.3) is 0 Å². The summed E-state index contributed by atoms with van der Waals surface area (Å²) >= 11 is 3.27. The van der Waals surface area contributed by atoms with Crippen LogP contribution in [0.2, 0.25) is 0 Å². The van der Waals surface area contributed by atoms with Crippen LogP contribution in [0.5, 0.6) is 0 Å². The predicted octanol–water partition coefficient (Wildman–Crippen LogP) is 4.81. The SMILES string of the molecule is CC(C)C1CCC=C(c2ccnc(CC=O)n2)C(c2cccc(Br)c2F)=N1. The maximum atomic E-state index is 14.9. The summed E-state index contributed by atoms with van der Waals surface area (Å²) in [7, 11) is 0. The number of rotatable bonds is 5. The Morgan fingerprint density at radius 1 is 1.33 bits per heavy atom. The van der Waals surface area contributed by atoms with Gasteiger partial charge in [0, 0.05) is 17.3 Å². The third-order valence-corrected chi connectivity index (χ3v) is 5.20. The zero-order valence-electron chi connectivity index (χ0n) is 15.3. The van der Waals surface area contributed by atoms with Crippen molar-refractivity contribution < 1.29 is 9.18 Å². The van der Waals surface area contributed by atoms with Crippen LogP contribution >= 0.6 is 15.9 Å². The van der Waals surface area contributed by atoms with Crippen molar-refractivity contribution in [3.05, 3.63) is 63.9 Å². The minimum atomic E-state index is -0.339. The Hall–Kier alpha value is -2.21. The summed E-state index contributed by atoms with van der Waals surface area (Å²) in [5, 5.41) is 0. The van der Waals surface area contributed by atoms with Gasteiger partial charge in [-0.2, -0.15) is 0 Å². The molecule has 0 amide bonds. The monoisotopic (exact) mass is 429 g/mol. The van der Waals surface area contributed by atoms with E-state index in [0.29, 0.717) is 33.2 Å². The summed E-state index contributed by atoms with van der Waals surface area (Å²) in [5.74, 6) is 0.454. The highest BCUT2D eigenvalue weighted by molar-refractivity contribution is 9.10. The van der Waals surface area contributed by atoms with E-state index < -0.39 is 0 Å². The number of benzene rings is 1. The normalized spacial score (nSPS) is 17.3. The van der Waals surface area contributed by atoms with Gasteiger partial charge in [0.15, 0.2) is 0 Å². The molecule has 1 unspecified atom stereocenters. The van der Waals surface area contributed by atoms with E-state index in [9.17, 15) is 9.18 Å². The molecular weight excluding hydrogens is 409 g/mol. The molecule has 0 spiro atoms. The zero-order valence-corrected chi connectivity index (χ0v) is 16.9. The summed E-state index contributed by atoms with van der Waals surface area (Å²) in [6.07, 6.45) is 6.34. The van der Waals surface area contributed by atoms with Gasteiger partial charge in [0.1, 0.15) is 17.9 Å². The number of aliphatic imine (C=N–C) groups is 1. The molecule has 2 heterocycles. The third-order valence-electron chi connectivity index (χ3n) is 4.58. The molecular formula is C21H21BrFN3O. The Kier molecular flexibility index (Phi) is 6.26. The molecule has 0 radical (unpaired) electrons. The van der Waals surface area contributed by atoms with E-state index in [1.165, 1.54) is 0 Å². The molecule has 1 aromatic carbocycles. The zero-order chi connectivity index (χ0) is 19.4. The first-order valence-corrected chi connectivity index (χ1v) is 9.79. The molecule has 0 bridgehead atoms. The van der Waals surface area contributed by atoms with E-state index in [2.05, 4.69) is 45.8 Å². The molecule has 0 N–H and O–H groups in total. The van der Waals surface area contributed by atoms with Gasteiger partial charge in [-0.1, -0.05) is 26.0 Å². The molecule has 0 saturated carbocycles. The van der Waals surface area contributed by atoms with Crippen LogP contribution in [0.25, 0.3) is 5.57 Å². The standard InChI is InChI=1S/C21H21BrFN3O/c1-13(2)17-8-4-5-14(18-9-11-24-19(25-18)10-12-27)21(26-17)15-6-3-7-16(22)20(15)23/h3,5-7,9,11-13,17H,4,8,10H2,1-2H3. The highest BCUT2D eigenvalue weighted by atomic mass is 79.9. The Bertz CT molecular complexity index is 908. The number of aldehydes is 1. The maximum absolute atomic E-state index is 14.9. The van der Waals surface area contributed by atoms with Crippen LogP contribution in [0, 0.1) is 11.7 Å². The molecule has 6 heteroatoms. The summed E-state index contributed by atoms with van der Waals surface area (Å²) in [6, 6.07) is 7.09. The summed E-state index contributed by atoms with van der Waals surface area (Å²) in [5.41, 5.74) is 2.48. The molecule has 1 aliphatic heterocycles. The van der Waals surface area contributed by atoms with Gasteiger partial charge in [-0.25, -0.2) is 14.4 Å². The second-order valence-corrected chi connectivity index (χ2v) is 7.67. The van der Waals surface area contributed by atoms with E-state index in [4.69, 9.17) is 4.99 Å². The molecule has 0 saturated heterocycles. The number of carbonyl (C=O) groups is 1. The second kappa shape index (κ2) is 8.65. The molecule has 1 aromatic heterocycles. The number of halogens is 2. The van der Waals surface area contributed by atoms with Crippen molar-refractivity contribution in [1.82, 2.24) is 9.97 Å². The van der Waals surface area contributed by atoms with E-state index >= 15 is 0 Å². The Labute approximate surface area is 166 Å². The number of allylic oxidation sites excluding steroid dienone is 2. The molecule has 27 heavy (non-hydrogen) atoms. The quantitative estimate of drug-likeness (QED) is 0.640. The minimum Gasteiger partial charge on any atom is -0.303 e. The van der Waals surface area contributed by atoms with Gasteiger partial charge >= 0.3 is 0 Å². The lowest BCUT2D eigenvalue weighted by molar-refractivity contribution is -0.107. The van der Waals surface area contributed by atoms with Gasteiger partial charge in [0.05, 0.1) is 28.3 Å². The fraction of sp³-hybridized carbons (Fsp3) is 0.333. The Balaban J connectivity index is 2.16. The second-order valence-electron chi connectivity index (χ2n) is 6.81. The first-order chi connectivity index (χ1) is 13.0. The predicted molar refractivity (Wildman–Crippen MR) is 108 cm³/mol. The van der Waals surface area contributed by atoms with E-state index in [-0.39, 0.29) is 18.3 Å². The van der Waals surface area contributed by atoms with E-state index in [0.717, 1.165) is 24.7 Å². The van der Waals surface area contributed by atoms with Crippen LogP contribution in [0.1, 0.15) is 43.8 Å². The lowest BCUT2D eigenvalue weighted by atomic mass is 9.98. The van der Waals surface area contributed by atoms with Crippen LogP contribution < -0.4 is 0 Å². The molecule has 4 nitrogen and oxygen atoms in total. The van der Waals surface area contributed by atoms with Crippen LogP contribution in [0.3, 0.4) is 0 Å². The lowest BCUT2D eigenvalue weighted by Gasteiger charge is -2.17. The summed E-state index contributed by atoms with van der Waals surface area (Å²) < 4.78 is 15.3. The van der Waals surface area contributed by atoms with Crippen LogP contribution in [-0.4, -0.2) is 28.0 Å². The van der Waals surface area contributed by atoms with Gasteiger partial charge < -0.3 is 4.79 Å². The van der Waals surface area contributed by atoms with Crippen molar-refractivity contribution >= 4 is 33.5 Å². The smallest absolute Gasteiger partial charge is 0.146 e. The van der Waals surface area contributed by atoms with Gasteiger partial charge in [0.2, 0.25) is 0 Å². The third kappa shape index (κ3) is 4.38. The van der Waals surface area contributed by atoms with Crippen molar-refractivity contribution in [3.63, 3.8) is 0 Å². The molecule has 2 aromatic rings. The largest absolute Gasteiger partial charge is 0.303 e. The number of aromatic nitrogens is 2. The summed E-state index contributed by atoms with van der Waals surface area (Å²) in [6.45, 7) is 4.25. The maximum Gasteiger partial charge on any atom is 0.146 e. The van der Waals surface area contributed by atoms with Gasteiger partial charge in [-0.15, -0.1) is 0 Å². The molecule has 1 aliphatic rings.